The molecule has 3 heteroatoms. The summed E-state index contributed by atoms with van der Waals surface area (Å²) >= 11 is 0. The molecular formula is C12H12N2O. The Hall–Kier alpha value is -2.03. The lowest BCUT2D eigenvalue weighted by atomic mass is 10.1. The van der Waals surface area contributed by atoms with Crippen LogP contribution < -0.4 is 0 Å². The molecule has 0 saturated heterocycles. The van der Waals surface area contributed by atoms with Crippen molar-refractivity contribution in [2.75, 3.05) is 0 Å². The van der Waals surface area contributed by atoms with E-state index in [1.54, 1.807) is 6.92 Å². The van der Waals surface area contributed by atoms with Gasteiger partial charge in [0.05, 0.1) is 5.71 Å². The summed E-state index contributed by atoms with van der Waals surface area (Å²) in [5.74, 6) is 0. The first kappa shape index (κ1) is 9.52. The second-order valence-electron chi connectivity index (χ2n) is 3.35. The molecule has 15 heavy (non-hydrogen) atoms. The minimum atomic E-state index is 0.605. The van der Waals surface area contributed by atoms with Crippen LogP contribution in [0.15, 0.2) is 47.8 Å². The molecule has 0 aliphatic rings. The van der Waals surface area contributed by atoms with Gasteiger partial charge in [-0.05, 0) is 18.6 Å². The monoisotopic (exact) mass is 200 g/mol. The van der Waals surface area contributed by atoms with Gasteiger partial charge in [0.15, 0.2) is 0 Å². The number of nitrogens with one attached hydrogen (secondary N) is 1. The molecule has 3 nitrogen and oxygen atoms in total. The zero-order valence-electron chi connectivity index (χ0n) is 8.44. The van der Waals surface area contributed by atoms with Crippen molar-refractivity contribution in [2.24, 2.45) is 5.16 Å². The SMILES string of the molecule is CC(=NO)c1c[nH]c(-c2ccccc2)c1. The van der Waals surface area contributed by atoms with Gasteiger partial charge in [-0.2, -0.15) is 0 Å². The highest BCUT2D eigenvalue weighted by Crippen LogP contribution is 2.18. The van der Waals surface area contributed by atoms with Gasteiger partial charge in [-0.25, -0.2) is 0 Å². The van der Waals surface area contributed by atoms with Crippen molar-refractivity contribution in [3.63, 3.8) is 0 Å². The predicted molar refractivity (Wildman–Crippen MR) is 60.2 cm³/mol. The second kappa shape index (κ2) is 4.00. The topological polar surface area (TPSA) is 48.4 Å². The number of rotatable bonds is 2. The highest BCUT2D eigenvalue weighted by atomic mass is 16.4. The normalized spacial score (nSPS) is 11.7. The van der Waals surface area contributed by atoms with Gasteiger partial charge in [0.2, 0.25) is 0 Å². The molecule has 2 N–H and O–H groups in total. The van der Waals surface area contributed by atoms with Crippen LogP contribution in [0.3, 0.4) is 0 Å². The molecule has 1 aromatic heterocycles. The zero-order valence-corrected chi connectivity index (χ0v) is 8.44. The van der Waals surface area contributed by atoms with E-state index >= 15 is 0 Å². The lowest BCUT2D eigenvalue weighted by molar-refractivity contribution is 0.319. The molecule has 0 atom stereocenters. The third kappa shape index (κ3) is 1.91. The Morgan fingerprint density at radius 1 is 1.27 bits per heavy atom. The zero-order chi connectivity index (χ0) is 10.7. The van der Waals surface area contributed by atoms with Crippen LogP contribution in [-0.4, -0.2) is 15.9 Å². The minimum Gasteiger partial charge on any atom is -0.411 e. The van der Waals surface area contributed by atoms with Crippen LogP contribution in [0.5, 0.6) is 0 Å². The number of aromatic nitrogens is 1. The first-order valence-electron chi connectivity index (χ1n) is 4.74. The van der Waals surface area contributed by atoms with Crippen LogP contribution in [0.2, 0.25) is 0 Å². The van der Waals surface area contributed by atoms with Gasteiger partial charge in [0, 0.05) is 17.5 Å². The Morgan fingerprint density at radius 2 is 2.00 bits per heavy atom. The van der Waals surface area contributed by atoms with Crippen LogP contribution in [-0.2, 0) is 0 Å². The Balaban J connectivity index is 2.36. The number of nitrogens with zero attached hydrogens (tertiary/aromatic N) is 1. The maximum Gasteiger partial charge on any atom is 0.0852 e. The number of benzene rings is 1. The predicted octanol–water partition coefficient (Wildman–Crippen LogP) is 2.88. The average Bonchev–Trinajstić information content (AvgIpc) is 2.78. The van der Waals surface area contributed by atoms with Gasteiger partial charge in [0.25, 0.3) is 0 Å². The van der Waals surface area contributed by atoms with Crippen molar-refractivity contribution in [2.45, 2.75) is 6.92 Å². The molecule has 1 heterocycles. The molecule has 0 amide bonds. The molecule has 0 aliphatic heterocycles. The number of hydrogen-bond acceptors (Lipinski definition) is 2. The van der Waals surface area contributed by atoms with E-state index in [1.165, 1.54) is 0 Å². The van der Waals surface area contributed by atoms with E-state index in [-0.39, 0.29) is 0 Å². The van der Waals surface area contributed by atoms with Gasteiger partial charge in [-0.15, -0.1) is 0 Å². The molecule has 0 spiro atoms. The van der Waals surface area contributed by atoms with Gasteiger partial charge in [-0.1, -0.05) is 35.5 Å². The van der Waals surface area contributed by atoms with Crippen molar-refractivity contribution in [1.82, 2.24) is 4.98 Å². The molecule has 0 unspecified atom stereocenters. The summed E-state index contributed by atoms with van der Waals surface area (Å²) in [6.07, 6.45) is 1.83. The molecule has 2 rings (SSSR count). The summed E-state index contributed by atoms with van der Waals surface area (Å²) in [5, 5.41) is 11.8. The third-order valence-electron chi connectivity index (χ3n) is 2.34. The van der Waals surface area contributed by atoms with Crippen molar-refractivity contribution in [3.05, 3.63) is 48.2 Å². The Morgan fingerprint density at radius 3 is 2.67 bits per heavy atom. The molecule has 0 saturated carbocycles. The molecule has 1 aromatic carbocycles. The summed E-state index contributed by atoms with van der Waals surface area (Å²) < 4.78 is 0. The van der Waals surface area contributed by atoms with E-state index in [2.05, 4.69) is 10.1 Å². The second-order valence-corrected chi connectivity index (χ2v) is 3.35. The smallest absolute Gasteiger partial charge is 0.0852 e. The molecule has 0 radical (unpaired) electrons. The van der Waals surface area contributed by atoms with Crippen molar-refractivity contribution < 1.29 is 5.21 Å². The molecule has 76 valence electrons. The van der Waals surface area contributed by atoms with Gasteiger partial charge < -0.3 is 10.2 Å². The summed E-state index contributed by atoms with van der Waals surface area (Å²) in [6, 6.07) is 12.0. The fourth-order valence-corrected chi connectivity index (χ4v) is 1.45. The van der Waals surface area contributed by atoms with Gasteiger partial charge >= 0.3 is 0 Å². The first-order valence-corrected chi connectivity index (χ1v) is 4.74. The quantitative estimate of drug-likeness (QED) is 0.437. The third-order valence-corrected chi connectivity index (χ3v) is 2.34. The average molecular weight is 200 g/mol. The molecule has 0 bridgehead atoms. The van der Waals surface area contributed by atoms with Crippen LogP contribution in [0, 0.1) is 0 Å². The lowest BCUT2D eigenvalue weighted by Crippen LogP contribution is -1.89. The number of H-pyrrole nitrogens is 1. The number of oxime groups is 1. The van der Waals surface area contributed by atoms with Crippen LogP contribution in [0.1, 0.15) is 12.5 Å². The van der Waals surface area contributed by atoms with Gasteiger partial charge in [-0.3, -0.25) is 0 Å². The molecule has 2 aromatic rings. The molecule has 0 aliphatic carbocycles. The standard InChI is InChI=1S/C12H12N2O/c1-9(14-15)11-7-12(13-8-11)10-5-3-2-4-6-10/h2-8,13,15H,1H3. The van der Waals surface area contributed by atoms with Crippen molar-refractivity contribution in [3.8, 4) is 11.3 Å². The summed E-state index contributed by atoms with van der Waals surface area (Å²) in [4.78, 5) is 3.15. The van der Waals surface area contributed by atoms with E-state index in [0.717, 1.165) is 16.8 Å². The largest absolute Gasteiger partial charge is 0.411 e. The Labute approximate surface area is 88.1 Å². The Bertz CT molecular complexity index is 471. The fraction of sp³-hybridized carbons (Fsp3) is 0.0833. The van der Waals surface area contributed by atoms with Crippen molar-refractivity contribution >= 4 is 5.71 Å². The molecule has 0 fully saturated rings. The van der Waals surface area contributed by atoms with Crippen LogP contribution in [0.4, 0.5) is 0 Å². The summed E-state index contributed by atoms with van der Waals surface area (Å²) in [6.45, 7) is 1.76. The highest BCUT2D eigenvalue weighted by molar-refractivity contribution is 5.99. The van der Waals surface area contributed by atoms with Crippen LogP contribution >= 0.6 is 0 Å². The first-order chi connectivity index (χ1) is 7.31. The van der Waals surface area contributed by atoms with E-state index < -0.39 is 0 Å². The maximum absolute atomic E-state index is 8.64. The maximum atomic E-state index is 8.64. The minimum absolute atomic E-state index is 0.605. The van der Waals surface area contributed by atoms with E-state index in [9.17, 15) is 0 Å². The van der Waals surface area contributed by atoms with E-state index in [4.69, 9.17) is 5.21 Å². The fourth-order valence-electron chi connectivity index (χ4n) is 1.45. The lowest BCUT2D eigenvalue weighted by Gasteiger charge is -1.95. The number of aromatic amines is 1. The van der Waals surface area contributed by atoms with Gasteiger partial charge in [0.1, 0.15) is 0 Å². The number of hydrogen-bond donors (Lipinski definition) is 2. The summed E-state index contributed by atoms with van der Waals surface area (Å²) in [5.41, 5.74) is 3.65. The van der Waals surface area contributed by atoms with E-state index in [1.807, 2.05) is 42.6 Å². The van der Waals surface area contributed by atoms with Crippen molar-refractivity contribution in [1.29, 1.82) is 0 Å². The van der Waals surface area contributed by atoms with Crippen LogP contribution in [0.25, 0.3) is 11.3 Å². The Kier molecular flexibility index (Phi) is 2.54. The summed E-state index contributed by atoms with van der Waals surface area (Å²) in [7, 11) is 0. The van der Waals surface area contributed by atoms with E-state index in [0.29, 0.717) is 5.71 Å². The molecular weight excluding hydrogens is 188 g/mol. The highest BCUT2D eigenvalue weighted by Gasteiger charge is 2.03.